The smallest absolute Gasteiger partial charge is 0.245 e. The van der Waals surface area contributed by atoms with E-state index in [1.807, 2.05) is 31.2 Å². The predicted octanol–water partition coefficient (Wildman–Crippen LogP) is 2.16. The molecule has 0 atom stereocenters. The molecule has 0 aliphatic rings. The van der Waals surface area contributed by atoms with Crippen LogP contribution in [0.5, 0.6) is 11.6 Å². The van der Waals surface area contributed by atoms with E-state index in [0.717, 1.165) is 0 Å². The Morgan fingerprint density at radius 1 is 1.20 bits per heavy atom. The molecule has 0 aliphatic heterocycles. The Morgan fingerprint density at radius 3 is 2.60 bits per heavy atom. The molecule has 0 spiro atoms. The molecule has 2 N–H and O–H groups in total. The first-order valence-electron chi connectivity index (χ1n) is 4.56. The molecule has 0 radical (unpaired) electrons. The molecule has 0 saturated carbocycles. The van der Waals surface area contributed by atoms with Crippen molar-refractivity contribution in [3.63, 3.8) is 0 Å². The minimum Gasteiger partial charge on any atom is -0.437 e. The van der Waals surface area contributed by atoms with Crippen LogP contribution in [0.1, 0.15) is 5.56 Å². The third-order valence-corrected chi connectivity index (χ3v) is 1.94. The summed E-state index contributed by atoms with van der Waals surface area (Å²) in [6.45, 7) is 2.02. The number of aromatic nitrogens is 2. The highest BCUT2D eigenvalue weighted by Gasteiger charge is 2.02. The average molecular weight is 201 g/mol. The molecule has 0 unspecified atom stereocenters. The Balaban J connectivity index is 2.22. The van der Waals surface area contributed by atoms with Crippen molar-refractivity contribution in [2.45, 2.75) is 6.92 Å². The summed E-state index contributed by atoms with van der Waals surface area (Å²) in [5.74, 6) is 1.10. The Labute approximate surface area is 87.7 Å². The first-order chi connectivity index (χ1) is 7.25. The molecule has 76 valence electrons. The molecule has 1 aromatic carbocycles. The van der Waals surface area contributed by atoms with Gasteiger partial charge in [0.15, 0.2) is 0 Å². The van der Waals surface area contributed by atoms with Crippen LogP contribution in [-0.4, -0.2) is 9.97 Å². The average Bonchev–Trinajstić information content (AvgIpc) is 2.25. The molecule has 0 aliphatic carbocycles. The summed E-state index contributed by atoms with van der Waals surface area (Å²) in [7, 11) is 0. The summed E-state index contributed by atoms with van der Waals surface area (Å²) < 4.78 is 5.49. The van der Waals surface area contributed by atoms with Gasteiger partial charge in [0.2, 0.25) is 5.88 Å². The number of ether oxygens (including phenoxy) is 1. The van der Waals surface area contributed by atoms with Gasteiger partial charge in [-0.15, -0.1) is 0 Å². The lowest BCUT2D eigenvalue weighted by atomic mass is 10.2. The molecule has 1 aromatic heterocycles. The molecule has 0 saturated heterocycles. The highest BCUT2D eigenvalue weighted by Crippen LogP contribution is 2.23. The van der Waals surface area contributed by atoms with Gasteiger partial charge in [-0.25, -0.2) is 4.98 Å². The van der Waals surface area contributed by atoms with Gasteiger partial charge < -0.3 is 10.5 Å². The third-order valence-electron chi connectivity index (χ3n) is 1.94. The van der Waals surface area contributed by atoms with E-state index < -0.39 is 0 Å². The summed E-state index contributed by atoms with van der Waals surface area (Å²) in [6.07, 6.45) is 2.91. The van der Waals surface area contributed by atoms with E-state index in [1.54, 1.807) is 0 Å². The van der Waals surface area contributed by atoms with E-state index in [-0.39, 0.29) is 0 Å². The van der Waals surface area contributed by atoms with Crippen LogP contribution in [0, 0.1) is 6.92 Å². The van der Waals surface area contributed by atoms with E-state index in [2.05, 4.69) is 9.97 Å². The van der Waals surface area contributed by atoms with Crippen molar-refractivity contribution >= 4 is 5.69 Å². The number of hydrogen-bond acceptors (Lipinski definition) is 4. The van der Waals surface area contributed by atoms with Crippen LogP contribution in [0.15, 0.2) is 36.8 Å². The van der Waals surface area contributed by atoms with Gasteiger partial charge in [-0.3, -0.25) is 0 Å². The number of anilines is 1. The van der Waals surface area contributed by atoms with Crippen LogP contribution in [0.3, 0.4) is 0 Å². The SMILES string of the molecule is Cc1ccc(Oc2ncncc2N)cc1. The summed E-state index contributed by atoms with van der Waals surface area (Å²) in [5.41, 5.74) is 7.26. The van der Waals surface area contributed by atoms with Crippen molar-refractivity contribution in [2.24, 2.45) is 0 Å². The Hall–Kier alpha value is -2.10. The maximum atomic E-state index is 5.65. The van der Waals surface area contributed by atoms with E-state index in [0.29, 0.717) is 17.3 Å². The monoisotopic (exact) mass is 201 g/mol. The number of rotatable bonds is 2. The van der Waals surface area contributed by atoms with Crippen molar-refractivity contribution in [3.05, 3.63) is 42.4 Å². The molecule has 0 amide bonds. The van der Waals surface area contributed by atoms with E-state index in [4.69, 9.17) is 10.5 Å². The molecule has 0 bridgehead atoms. The molecule has 2 aromatic rings. The lowest BCUT2D eigenvalue weighted by molar-refractivity contribution is 0.464. The third kappa shape index (κ3) is 2.22. The summed E-state index contributed by atoms with van der Waals surface area (Å²) in [5, 5.41) is 0. The van der Waals surface area contributed by atoms with Crippen LogP contribution in [0.25, 0.3) is 0 Å². The zero-order valence-corrected chi connectivity index (χ0v) is 8.34. The fraction of sp³-hybridized carbons (Fsp3) is 0.0909. The molecule has 2 rings (SSSR count). The van der Waals surface area contributed by atoms with Crippen molar-refractivity contribution in [2.75, 3.05) is 5.73 Å². The topological polar surface area (TPSA) is 61.0 Å². The fourth-order valence-electron chi connectivity index (χ4n) is 1.13. The molecular formula is C11H11N3O. The molecule has 4 heteroatoms. The van der Waals surface area contributed by atoms with Gasteiger partial charge in [-0.2, -0.15) is 4.98 Å². The van der Waals surface area contributed by atoms with Crippen molar-refractivity contribution in [1.82, 2.24) is 9.97 Å². The number of hydrogen-bond donors (Lipinski definition) is 1. The lowest BCUT2D eigenvalue weighted by Crippen LogP contribution is -1.95. The highest BCUT2D eigenvalue weighted by molar-refractivity contribution is 5.46. The standard InChI is InChI=1S/C11H11N3O/c1-8-2-4-9(5-3-8)15-11-10(12)6-13-7-14-11/h2-7H,12H2,1H3. The van der Waals surface area contributed by atoms with Crippen LogP contribution < -0.4 is 10.5 Å². The Kier molecular flexibility index (Phi) is 2.49. The highest BCUT2D eigenvalue weighted by atomic mass is 16.5. The largest absolute Gasteiger partial charge is 0.437 e. The second-order valence-corrected chi connectivity index (χ2v) is 3.20. The minimum absolute atomic E-state index is 0.383. The van der Waals surface area contributed by atoms with Gasteiger partial charge in [0.1, 0.15) is 17.8 Å². The predicted molar refractivity (Wildman–Crippen MR) is 57.7 cm³/mol. The maximum Gasteiger partial charge on any atom is 0.245 e. The molecule has 1 heterocycles. The van der Waals surface area contributed by atoms with E-state index >= 15 is 0 Å². The second kappa shape index (κ2) is 3.96. The molecule has 4 nitrogen and oxygen atoms in total. The second-order valence-electron chi connectivity index (χ2n) is 3.20. The fourth-order valence-corrected chi connectivity index (χ4v) is 1.13. The number of benzene rings is 1. The molecule has 0 fully saturated rings. The number of nitrogens with two attached hydrogens (primary N) is 1. The van der Waals surface area contributed by atoms with Gasteiger partial charge in [0.25, 0.3) is 0 Å². The summed E-state index contributed by atoms with van der Waals surface area (Å²) in [6, 6.07) is 7.67. The van der Waals surface area contributed by atoms with E-state index in [1.165, 1.54) is 18.1 Å². The minimum atomic E-state index is 0.383. The van der Waals surface area contributed by atoms with Crippen LogP contribution >= 0.6 is 0 Å². The Bertz CT molecular complexity index is 454. The van der Waals surface area contributed by atoms with Crippen molar-refractivity contribution in [1.29, 1.82) is 0 Å². The summed E-state index contributed by atoms with van der Waals surface area (Å²) in [4.78, 5) is 7.72. The van der Waals surface area contributed by atoms with Gasteiger partial charge in [0, 0.05) is 0 Å². The van der Waals surface area contributed by atoms with Gasteiger partial charge in [-0.05, 0) is 19.1 Å². The van der Waals surface area contributed by atoms with E-state index in [9.17, 15) is 0 Å². The zero-order valence-electron chi connectivity index (χ0n) is 8.34. The van der Waals surface area contributed by atoms with Gasteiger partial charge in [-0.1, -0.05) is 17.7 Å². The van der Waals surface area contributed by atoms with Crippen LogP contribution in [0.2, 0.25) is 0 Å². The molecular weight excluding hydrogens is 190 g/mol. The Morgan fingerprint density at radius 2 is 1.93 bits per heavy atom. The number of nitrogens with zero attached hydrogens (tertiary/aromatic N) is 2. The quantitative estimate of drug-likeness (QED) is 0.808. The van der Waals surface area contributed by atoms with Crippen molar-refractivity contribution in [3.8, 4) is 11.6 Å². The first kappa shape index (κ1) is 9.45. The maximum absolute atomic E-state index is 5.65. The number of nitrogen functional groups attached to an aromatic ring is 1. The number of aryl methyl sites for hydroxylation is 1. The van der Waals surface area contributed by atoms with Crippen LogP contribution in [-0.2, 0) is 0 Å². The van der Waals surface area contributed by atoms with Crippen molar-refractivity contribution < 1.29 is 4.74 Å². The normalized spacial score (nSPS) is 9.93. The van der Waals surface area contributed by atoms with Gasteiger partial charge >= 0.3 is 0 Å². The molecule has 15 heavy (non-hydrogen) atoms. The first-order valence-corrected chi connectivity index (χ1v) is 4.56. The lowest BCUT2D eigenvalue weighted by Gasteiger charge is -2.05. The van der Waals surface area contributed by atoms with Crippen LogP contribution in [0.4, 0.5) is 5.69 Å². The summed E-state index contributed by atoms with van der Waals surface area (Å²) >= 11 is 0. The van der Waals surface area contributed by atoms with Gasteiger partial charge in [0.05, 0.1) is 6.20 Å². The zero-order chi connectivity index (χ0) is 10.7.